The van der Waals surface area contributed by atoms with E-state index in [0.717, 1.165) is 18.6 Å². The molecule has 1 atom stereocenters. The van der Waals surface area contributed by atoms with E-state index in [2.05, 4.69) is 0 Å². The number of nitrogens with zero attached hydrogens (tertiary/aromatic N) is 1. The van der Waals surface area contributed by atoms with Crippen molar-refractivity contribution in [2.75, 3.05) is 26.2 Å². The largest absolute Gasteiger partial charge is 0.376 e. The van der Waals surface area contributed by atoms with E-state index >= 15 is 0 Å². The predicted octanol–water partition coefficient (Wildman–Crippen LogP) is 2.26. The number of ketones is 1. The summed E-state index contributed by atoms with van der Waals surface area (Å²) >= 11 is 0. The molecule has 1 heterocycles. The zero-order chi connectivity index (χ0) is 13.8. The summed E-state index contributed by atoms with van der Waals surface area (Å²) in [6.45, 7) is 4.08. The van der Waals surface area contributed by atoms with Gasteiger partial charge in [-0.05, 0) is 18.6 Å². The van der Waals surface area contributed by atoms with Crippen molar-refractivity contribution >= 4 is 5.78 Å². The molecule has 1 aromatic rings. The number of halogens is 2. The van der Waals surface area contributed by atoms with Crippen molar-refractivity contribution in [2.45, 2.75) is 19.4 Å². The number of morpholine rings is 1. The SMILES string of the molecule is CCC1CN(CC(=O)c2ccc(F)cc2F)CCO1. The number of ether oxygens (including phenoxy) is 1. The van der Waals surface area contributed by atoms with E-state index in [-0.39, 0.29) is 24.0 Å². The van der Waals surface area contributed by atoms with E-state index in [1.807, 2.05) is 11.8 Å². The number of Topliss-reactive ketones (excluding diaryl/α,β-unsaturated/α-hetero) is 1. The predicted molar refractivity (Wildman–Crippen MR) is 67.2 cm³/mol. The number of carbonyl (C=O) groups is 1. The number of hydrogen-bond donors (Lipinski definition) is 0. The molecule has 1 aliphatic rings. The number of hydrogen-bond acceptors (Lipinski definition) is 3. The molecular weight excluding hydrogens is 252 g/mol. The monoisotopic (exact) mass is 269 g/mol. The van der Waals surface area contributed by atoms with Gasteiger partial charge in [-0.25, -0.2) is 8.78 Å². The van der Waals surface area contributed by atoms with Crippen molar-refractivity contribution in [2.24, 2.45) is 0 Å². The van der Waals surface area contributed by atoms with Gasteiger partial charge in [0.15, 0.2) is 5.78 Å². The Morgan fingerprint density at radius 2 is 2.26 bits per heavy atom. The van der Waals surface area contributed by atoms with Gasteiger partial charge in [0.25, 0.3) is 0 Å². The Balaban J connectivity index is 2.00. The summed E-state index contributed by atoms with van der Waals surface area (Å²) in [6, 6.07) is 3.04. The highest BCUT2D eigenvalue weighted by atomic mass is 19.1. The first kappa shape index (κ1) is 14.1. The number of benzene rings is 1. The van der Waals surface area contributed by atoms with E-state index in [1.54, 1.807) is 0 Å². The van der Waals surface area contributed by atoms with Crippen LogP contribution >= 0.6 is 0 Å². The van der Waals surface area contributed by atoms with Crippen molar-refractivity contribution in [3.8, 4) is 0 Å². The van der Waals surface area contributed by atoms with Gasteiger partial charge in [-0.3, -0.25) is 9.69 Å². The average Bonchev–Trinajstić information content (AvgIpc) is 2.38. The van der Waals surface area contributed by atoms with Crippen LogP contribution < -0.4 is 0 Å². The molecule has 1 aromatic carbocycles. The van der Waals surface area contributed by atoms with Crippen LogP contribution in [0.2, 0.25) is 0 Å². The summed E-state index contributed by atoms with van der Waals surface area (Å²) in [5.74, 6) is -1.80. The first-order valence-electron chi connectivity index (χ1n) is 6.42. The molecule has 0 N–H and O–H groups in total. The second kappa shape index (κ2) is 6.21. The second-order valence-electron chi connectivity index (χ2n) is 4.68. The smallest absolute Gasteiger partial charge is 0.179 e. The van der Waals surface area contributed by atoms with E-state index < -0.39 is 11.6 Å². The van der Waals surface area contributed by atoms with Crippen molar-refractivity contribution in [3.63, 3.8) is 0 Å². The third kappa shape index (κ3) is 3.58. The van der Waals surface area contributed by atoms with Gasteiger partial charge in [-0.15, -0.1) is 0 Å². The van der Waals surface area contributed by atoms with Gasteiger partial charge in [0.05, 0.1) is 24.8 Å². The van der Waals surface area contributed by atoms with Gasteiger partial charge in [-0.2, -0.15) is 0 Å². The minimum Gasteiger partial charge on any atom is -0.376 e. The molecule has 0 amide bonds. The van der Waals surface area contributed by atoms with Crippen molar-refractivity contribution in [1.29, 1.82) is 0 Å². The summed E-state index contributed by atoms with van der Waals surface area (Å²) < 4.78 is 31.8. The molecule has 0 spiro atoms. The molecule has 1 fully saturated rings. The fraction of sp³-hybridized carbons (Fsp3) is 0.500. The topological polar surface area (TPSA) is 29.5 Å². The molecule has 1 aliphatic heterocycles. The molecule has 0 radical (unpaired) electrons. The van der Waals surface area contributed by atoms with Crippen LogP contribution in [0.25, 0.3) is 0 Å². The van der Waals surface area contributed by atoms with Gasteiger partial charge in [0.2, 0.25) is 0 Å². The normalized spacial score (nSPS) is 20.5. The minimum atomic E-state index is -0.801. The van der Waals surface area contributed by atoms with Crippen LogP contribution in [0.4, 0.5) is 8.78 Å². The van der Waals surface area contributed by atoms with Gasteiger partial charge in [0, 0.05) is 19.2 Å². The molecule has 5 heteroatoms. The Kier molecular flexibility index (Phi) is 4.61. The summed E-state index contributed by atoms with van der Waals surface area (Å²) in [4.78, 5) is 13.9. The third-order valence-corrected chi connectivity index (χ3v) is 3.28. The zero-order valence-corrected chi connectivity index (χ0v) is 10.9. The van der Waals surface area contributed by atoms with Crippen LogP contribution in [-0.2, 0) is 4.74 Å². The van der Waals surface area contributed by atoms with E-state index in [1.165, 1.54) is 6.07 Å². The fourth-order valence-electron chi connectivity index (χ4n) is 2.17. The molecule has 0 saturated carbocycles. The summed E-state index contributed by atoms with van der Waals surface area (Å²) in [5.41, 5.74) is -0.0547. The Labute approximate surface area is 111 Å². The van der Waals surface area contributed by atoms with E-state index in [9.17, 15) is 13.6 Å². The molecular formula is C14H17F2NO2. The number of rotatable bonds is 4. The van der Waals surface area contributed by atoms with Gasteiger partial charge < -0.3 is 4.74 Å². The molecule has 104 valence electrons. The van der Waals surface area contributed by atoms with Gasteiger partial charge in [0.1, 0.15) is 11.6 Å². The molecule has 1 saturated heterocycles. The highest BCUT2D eigenvalue weighted by Crippen LogP contribution is 2.13. The molecule has 0 aliphatic carbocycles. The summed E-state index contributed by atoms with van der Waals surface area (Å²) in [6.07, 6.45) is 1.01. The Hall–Kier alpha value is -1.33. The molecule has 0 bridgehead atoms. The van der Waals surface area contributed by atoms with Crippen molar-refractivity contribution in [1.82, 2.24) is 4.90 Å². The lowest BCUT2D eigenvalue weighted by atomic mass is 10.1. The second-order valence-corrected chi connectivity index (χ2v) is 4.68. The first-order chi connectivity index (χ1) is 9.10. The standard InChI is InChI=1S/C14H17F2NO2/c1-2-11-8-17(5-6-19-11)9-14(18)12-4-3-10(15)7-13(12)16/h3-4,7,11H,2,5-6,8-9H2,1H3. The summed E-state index contributed by atoms with van der Waals surface area (Å²) in [5, 5.41) is 0. The Morgan fingerprint density at radius 3 is 2.95 bits per heavy atom. The lowest BCUT2D eigenvalue weighted by Crippen LogP contribution is -2.44. The highest BCUT2D eigenvalue weighted by molar-refractivity contribution is 5.97. The maximum Gasteiger partial charge on any atom is 0.179 e. The maximum atomic E-state index is 13.5. The zero-order valence-electron chi connectivity index (χ0n) is 10.9. The van der Waals surface area contributed by atoms with Crippen molar-refractivity contribution in [3.05, 3.63) is 35.4 Å². The summed E-state index contributed by atoms with van der Waals surface area (Å²) in [7, 11) is 0. The van der Waals surface area contributed by atoms with Crippen LogP contribution in [0, 0.1) is 11.6 Å². The van der Waals surface area contributed by atoms with E-state index in [0.29, 0.717) is 19.7 Å². The molecule has 3 nitrogen and oxygen atoms in total. The highest BCUT2D eigenvalue weighted by Gasteiger charge is 2.22. The van der Waals surface area contributed by atoms with Crippen molar-refractivity contribution < 1.29 is 18.3 Å². The van der Waals surface area contributed by atoms with Crippen LogP contribution in [-0.4, -0.2) is 43.0 Å². The lowest BCUT2D eigenvalue weighted by molar-refractivity contribution is -0.0271. The first-order valence-corrected chi connectivity index (χ1v) is 6.42. The van der Waals surface area contributed by atoms with Gasteiger partial charge in [-0.1, -0.05) is 6.92 Å². The Bertz CT molecular complexity index is 465. The molecule has 19 heavy (non-hydrogen) atoms. The third-order valence-electron chi connectivity index (χ3n) is 3.28. The van der Waals surface area contributed by atoms with Crippen LogP contribution in [0.3, 0.4) is 0 Å². The maximum absolute atomic E-state index is 13.5. The average molecular weight is 269 g/mol. The van der Waals surface area contributed by atoms with Crippen LogP contribution in [0.15, 0.2) is 18.2 Å². The lowest BCUT2D eigenvalue weighted by Gasteiger charge is -2.31. The van der Waals surface area contributed by atoms with Crippen LogP contribution in [0.5, 0.6) is 0 Å². The minimum absolute atomic E-state index is 0.0547. The number of carbonyl (C=O) groups excluding carboxylic acids is 1. The van der Waals surface area contributed by atoms with E-state index in [4.69, 9.17) is 4.74 Å². The quantitative estimate of drug-likeness (QED) is 0.785. The molecule has 1 unspecified atom stereocenters. The fourth-order valence-corrected chi connectivity index (χ4v) is 2.17. The van der Waals surface area contributed by atoms with Gasteiger partial charge >= 0.3 is 0 Å². The van der Waals surface area contributed by atoms with Crippen LogP contribution in [0.1, 0.15) is 23.7 Å². The molecule has 0 aromatic heterocycles. The Morgan fingerprint density at radius 1 is 1.47 bits per heavy atom. The molecule has 2 rings (SSSR count).